The van der Waals surface area contributed by atoms with Crippen LogP contribution < -0.4 is 4.72 Å². The molecule has 0 atom stereocenters. The fraction of sp³-hybridized carbons (Fsp3) is 0. The molecule has 0 amide bonds. The van der Waals surface area contributed by atoms with E-state index in [1.807, 2.05) is 0 Å². The Hall–Kier alpha value is -1.45. The lowest BCUT2D eigenvalue weighted by molar-refractivity contribution is -0.385. The molecule has 9 heteroatoms. The summed E-state index contributed by atoms with van der Waals surface area (Å²) in [7, 11) is -3.79. The summed E-state index contributed by atoms with van der Waals surface area (Å²) < 4.78 is 27.7. The van der Waals surface area contributed by atoms with Crippen LogP contribution in [0.15, 0.2) is 56.3 Å². The second-order valence-corrected chi connectivity index (χ2v) is 7.44. The van der Waals surface area contributed by atoms with Crippen molar-refractivity contribution in [1.82, 2.24) is 0 Å². The van der Waals surface area contributed by atoms with Gasteiger partial charge in [-0.25, -0.2) is 8.42 Å². The van der Waals surface area contributed by atoms with E-state index in [0.717, 1.165) is 10.5 Å². The second kappa shape index (κ2) is 6.12. The van der Waals surface area contributed by atoms with Crippen molar-refractivity contribution < 1.29 is 13.3 Å². The number of nitrogens with zero attached hydrogens (tertiary/aromatic N) is 1. The first kappa shape index (κ1) is 15.9. The highest BCUT2D eigenvalue weighted by molar-refractivity contribution is 9.10. The summed E-state index contributed by atoms with van der Waals surface area (Å²) in [6.45, 7) is 0. The normalized spacial score (nSPS) is 11.1. The number of nitrogens with one attached hydrogen (secondary N) is 1. The van der Waals surface area contributed by atoms with Crippen LogP contribution in [0, 0.1) is 10.1 Å². The Bertz CT molecular complexity index is 791. The number of hydrogen-bond donors (Lipinski definition) is 1. The Kier molecular flexibility index (Phi) is 4.64. The molecule has 1 N–H and O–H groups in total. The highest BCUT2D eigenvalue weighted by Gasteiger charge is 2.17. The van der Waals surface area contributed by atoms with Crippen molar-refractivity contribution in [2.75, 3.05) is 4.72 Å². The van der Waals surface area contributed by atoms with Gasteiger partial charge in [-0.2, -0.15) is 0 Å². The fourth-order valence-electron chi connectivity index (χ4n) is 1.54. The van der Waals surface area contributed by atoms with Crippen LogP contribution in [-0.4, -0.2) is 13.3 Å². The number of rotatable bonds is 4. The molecular weight excluding hydrogens is 428 g/mol. The molecule has 0 saturated carbocycles. The number of nitro groups is 1. The largest absolute Gasteiger partial charge is 0.285 e. The zero-order valence-corrected chi connectivity index (χ0v) is 14.3. The molecule has 0 aliphatic heterocycles. The lowest BCUT2D eigenvalue weighted by Crippen LogP contribution is -2.13. The molecule has 0 bridgehead atoms. The number of sulfonamides is 1. The van der Waals surface area contributed by atoms with E-state index in [1.54, 1.807) is 12.1 Å². The predicted molar refractivity (Wildman–Crippen MR) is 85.7 cm³/mol. The van der Waals surface area contributed by atoms with E-state index >= 15 is 0 Å². The third kappa shape index (κ3) is 3.80. The van der Waals surface area contributed by atoms with Gasteiger partial charge in [-0.3, -0.25) is 14.8 Å². The van der Waals surface area contributed by atoms with Crippen LogP contribution in [0.3, 0.4) is 0 Å². The maximum absolute atomic E-state index is 12.2. The maximum Gasteiger partial charge on any atom is 0.285 e. The Morgan fingerprint density at radius 3 is 2.24 bits per heavy atom. The summed E-state index contributed by atoms with van der Waals surface area (Å²) in [6.07, 6.45) is 0. The monoisotopic (exact) mass is 434 g/mol. The van der Waals surface area contributed by atoms with Crippen molar-refractivity contribution >= 4 is 53.3 Å². The molecule has 2 aromatic rings. The first-order valence-corrected chi connectivity index (χ1v) is 8.59. The van der Waals surface area contributed by atoms with Gasteiger partial charge >= 0.3 is 0 Å². The van der Waals surface area contributed by atoms with Gasteiger partial charge in [-0.1, -0.05) is 15.9 Å². The number of halogens is 2. The van der Waals surface area contributed by atoms with Gasteiger partial charge in [0.2, 0.25) is 0 Å². The summed E-state index contributed by atoms with van der Waals surface area (Å²) >= 11 is 6.26. The van der Waals surface area contributed by atoms with Crippen LogP contribution in [0.1, 0.15) is 0 Å². The fourth-order valence-corrected chi connectivity index (χ4v) is 3.25. The zero-order valence-electron chi connectivity index (χ0n) is 10.3. The first-order valence-electron chi connectivity index (χ1n) is 5.52. The number of hydrogen-bond acceptors (Lipinski definition) is 4. The van der Waals surface area contributed by atoms with Gasteiger partial charge in [-0.15, -0.1) is 0 Å². The zero-order chi connectivity index (χ0) is 15.6. The highest BCUT2D eigenvalue weighted by atomic mass is 79.9. The Balaban J connectivity index is 2.35. The smallest absolute Gasteiger partial charge is 0.279 e. The SMILES string of the molecule is O=[N+]([O-])c1cc(NS(=O)(=O)c2ccc(Br)cc2)ccc1Br. The lowest BCUT2D eigenvalue weighted by atomic mass is 10.3. The van der Waals surface area contributed by atoms with E-state index in [4.69, 9.17) is 0 Å². The molecule has 0 saturated heterocycles. The molecule has 0 unspecified atom stereocenters. The minimum atomic E-state index is -3.79. The van der Waals surface area contributed by atoms with E-state index < -0.39 is 14.9 Å². The quantitative estimate of drug-likeness (QED) is 0.582. The number of nitro benzene ring substituents is 1. The van der Waals surface area contributed by atoms with Crippen molar-refractivity contribution in [3.8, 4) is 0 Å². The summed E-state index contributed by atoms with van der Waals surface area (Å²) in [5.41, 5.74) is -0.0983. The molecule has 2 aromatic carbocycles. The molecule has 0 radical (unpaired) electrons. The minimum Gasteiger partial charge on any atom is -0.279 e. The Morgan fingerprint density at radius 1 is 1.05 bits per heavy atom. The number of benzene rings is 2. The summed E-state index contributed by atoms with van der Waals surface area (Å²) in [4.78, 5) is 10.3. The van der Waals surface area contributed by atoms with Crippen molar-refractivity contribution in [3.63, 3.8) is 0 Å². The van der Waals surface area contributed by atoms with Crippen LogP contribution in [0.2, 0.25) is 0 Å². The van der Waals surface area contributed by atoms with Crippen LogP contribution >= 0.6 is 31.9 Å². The van der Waals surface area contributed by atoms with Crippen molar-refractivity contribution in [2.24, 2.45) is 0 Å². The molecule has 0 aromatic heterocycles. The topological polar surface area (TPSA) is 89.3 Å². The average Bonchev–Trinajstić information content (AvgIpc) is 2.41. The molecule has 110 valence electrons. The first-order chi connectivity index (χ1) is 9.79. The second-order valence-electron chi connectivity index (χ2n) is 3.98. The molecule has 0 heterocycles. The van der Waals surface area contributed by atoms with Crippen molar-refractivity contribution in [2.45, 2.75) is 4.90 Å². The van der Waals surface area contributed by atoms with Gasteiger partial charge in [0.05, 0.1) is 20.0 Å². The van der Waals surface area contributed by atoms with Gasteiger partial charge in [0.1, 0.15) is 0 Å². The maximum atomic E-state index is 12.2. The Morgan fingerprint density at radius 2 is 1.67 bits per heavy atom. The predicted octanol–water partition coefficient (Wildman–Crippen LogP) is 3.92. The standard InChI is InChI=1S/C12H8Br2N2O4S/c13-8-1-4-10(5-2-8)21(19,20)15-9-3-6-11(14)12(7-9)16(17)18/h1-7,15H. The van der Waals surface area contributed by atoms with E-state index in [9.17, 15) is 18.5 Å². The summed E-state index contributed by atoms with van der Waals surface area (Å²) in [6, 6.07) is 10.1. The van der Waals surface area contributed by atoms with Gasteiger partial charge in [0.15, 0.2) is 0 Å². The third-order valence-corrected chi connectivity index (χ3v) is 5.12. The molecule has 0 aliphatic carbocycles. The van der Waals surface area contributed by atoms with Crippen LogP contribution in [0.25, 0.3) is 0 Å². The van der Waals surface area contributed by atoms with E-state index in [1.165, 1.54) is 24.3 Å². The lowest BCUT2D eigenvalue weighted by Gasteiger charge is -2.08. The van der Waals surface area contributed by atoms with Crippen LogP contribution in [-0.2, 0) is 10.0 Å². The molecule has 0 spiro atoms. The number of anilines is 1. The molecule has 6 nitrogen and oxygen atoms in total. The molecule has 21 heavy (non-hydrogen) atoms. The van der Waals surface area contributed by atoms with Crippen LogP contribution in [0.5, 0.6) is 0 Å². The van der Waals surface area contributed by atoms with Crippen molar-refractivity contribution in [1.29, 1.82) is 0 Å². The van der Waals surface area contributed by atoms with E-state index in [0.29, 0.717) is 0 Å². The molecule has 2 rings (SSSR count). The minimum absolute atomic E-state index is 0.0660. The summed E-state index contributed by atoms with van der Waals surface area (Å²) in [5.74, 6) is 0. The summed E-state index contributed by atoms with van der Waals surface area (Å²) in [5, 5.41) is 10.8. The molecule has 0 fully saturated rings. The van der Waals surface area contributed by atoms with Gasteiger partial charge in [-0.05, 0) is 52.3 Å². The van der Waals surface area contributed by atoms with Gasteiger partial charge < -0.3 is 0 Å². The van der Waals surface area contributed by atoms with Crippen molar-refractivity contribution in [3.05, 3.63) is 61.5 Å². The third-order valence-electron chi connectivity index (χ3n) is 2.52. The Labute approximate surface area is 137 Å². The average molecular weight is 436 g/mol. The van der Waals surface area contributed by atoms with Gasteiger partial charge in [0.25, 0.3) is 15.7 Å². The van der Waals surface area contributed by atoms with Gasteiger partial charge in [0, 0.05) is 10.5 Å². The molecular formula is C12H8Br2N2O4S. The highest BCUT2D eigenvalue weighted by Crippen LogP contribution is 2.29. The molecule has 0 aliphatic rings. The van der Waals surface area contributed by atoms with Crippen LogP contribution in [0.4, 0.5) is 11.4 Å². The van der Waals surface area contributed by atoms with E-state index in [2.05, 4.69) is 36.6 Å². The van der Waals surface area contributed by atoms with E-state index in [-0.39, 0.29) is 20.7 Å².